The molecule has 7 heteroatoms. The average molecular weight is 325 g/mol. The zero-order valence-electron chi connectivity index (χ0n) is 13.5. The van der Waals surface area contributed by atoms with Crippen LogP contribution in [0.1, 0.15) is 38.6 Å². The Labute approximate surface area is 135 Å². The van der Waals surface area contributed by atoms with Crippen molar-refractivity contribution < 1.29 is 14.1 Å². The molecule has 1 atom stereocenters. The highest BCUT2D eigenvalue weighted by atomic mass is 32.2. The van der Waals surface area contributed by atoms with Crippen LogP contribution < -0.4 is 5.32 Å². The fourth-order valence-corrected chi connectivity index (χ4v) is 3.43. The Balaban J connectivity index is 1.91. The van der Waals surface area contributed by atoms with E-state index in [2.05, 4.69) is 10.5 Å². The van der Waals surface area contributed by atoms with E-state index in [1.54, 1.807) is 22.7 Å². The highest BCUT2D eigenvalue weighted by Crippen LogP contribution is 2.26. The highest BCUT2D eigenvalue weighted by Gasteiger charge is 2.35. The molecule has 0 bridgehead atoms. The standard InChI is InChI=1S/C15H23N3O3S/c1-10-5-11(21-17-10)7-16-14(20)12-8-22-9-18(12)13(19)6-15(2,3)4/h5,12H,6-9H2,1-4H3,(H,16,20)/t12-/m1/s1. The van der Waals surface area contributed by atoms with E-state index in [0.29, 0.717) is 30.4 Å². The second kappa shape index (κ2) is 6.73. The average Bonchev–Trinajstić information content (AvgIpc) is 3.02. The summed E-state index contributed by atoms with van der Waals surface area (Å²) in [6, 6.07) is 1.38. The summed E-state index contributed by atoms with van der Waals surface area (Å²) in [7, 11) is 0. The fourth-order valence-electron chi connectivity index (χ4n) is 2.25. The van der Waals surface area contributed by atoms with E-state index in [9.17, 15) is 9.59 Å². The molecule has 1 saturated heterocycles. The number of amides is 2. The number of aromatic nitrogens is 1. The normalized spacial score (nSPS) is 18.5. The van der Waals surface area contributed by atoms with Crippen molar-refractivity contribution in [3.63, 3.8) is 0 Å². The number of hydrogen-bond donors (Lipinski definition) is 1. The molecule has 1 aliphatic rings. The third-order valence-corrected chi connectivity index (χ3v) is 4.31. The van der Waals surface area contributed by atoms with Crippen LogP contribution in [0.15, 0.2) is 10.6 Å². The van der Waals surface area contributed by atoms with Crippen LogP contribution in [0.25, 0.3) is 0 Å². The summed E-state index contributed by atoms with van der Waals surface area (Å²) in [4.78, 5) is 26.4. The first-order chi connectivity index (χ1) is 10.3. The second-order valence-corrected chi connectivity index (χ2v) is 7.77. The SMILES string of the molecule is Cc1cc(CNC(=O)[C@H]2CSCN2C(=O)CC(C)(C)C)on1. The van der Waals surface area contributed by atoms with Gasteiger partial charge in [-0.25, -0.2) is 0 Å². The lowest BCUT2D eigenvalue weighted by Crippen LogP contribution is -2.47. The monoisotopic (exact) mass is 325 g/mol. The first-order valence-corrected chi connectivity index (χ1v) is 8.49. The number of rotatable bonds is 4. The van der Waals surface area contributed by atoms with Crippen LogP contribution >= 0.6 is 11.8 Å². The maximum Gasteiger partial charge on any atom is 0.244 e. The van der Waals surface area contributed by atoms with Crippen molar-refractivity contribution >= 4 is 23.6 Å². The third kappa shape index (κ3) is 4.50. The number of hydrogen-bond acceptors (Lipinski definition) is 5. The van der Waals surface area contributed by atoms with Gasteiger partial charge in [0.2, 0.25) is 11.8 Å². The Hall–Kier alpha value is -1.50. The molecule has 2 heterocycles. The summed E-state index contributed by atoms with van der Waals surface area (Å²) in [5, 5.41) is 6.60. The minimum atomic E-state index is -0.399. The summed E-state index contributed by atoms with van der Waals surface area (Å²) in [6.07, 6.45) is 0.443. The number of thioether (sulfide) groups is 1. The summed E-state index contributed by atoms with van der Waals surface area (Å²) < 4.78 is 5.07. The van der Waals surface area contributed by atoms with Gasteiger partial charge < -0.3 is 14.7 Å². The van der Waals surface area contributed by atoms with E-state index in [-0.39, 0.29) is 17.2 Å². The molecule has 22 heavy (non-hydrogen) atoms. The maximum atomic E-state index is 12.4. The quantitative estimate of drug-likeness (QED) is 0.915. The van der Waals surface area contributed by atoms with Crippen LogP contribution in [-0.2, 0) is 16.1 Å². The van der Waals surface area contributed by atoms with Gasteiger partial charge in [0.1, 0.15) is 6.04 Å². The van der Waals surface area contributed by atoms with Crippen LogP contribution in [0.4, 0.5) is 0 Å². The number of aryl methyl sites for hydroxylation is 1. The van der Waals surface area contributed by atoms with E-state index >= 15 is 0 Å². The lowest BCUT2D eigenvalue weighted by Gasteiger charge is -2.26. The Kier molecular flexibility index (Phi) is 5.16. The van der Waals surface area contributed by atoms with Gasteiger partial charge in [0.05, 0.1) is 18.1 Å². The molecule has 0 saturated carbocycles. The van der Waals surface area contributed by atoms with Gasteiger partial charge in [-0.15, -0.1) is 11.8 Å². The van der Waals surface area contributed by atoms with E-state index in [1.807, 2.05) is 27.7 Å². The molecule has 1 N–H and O–H groups in total. The molecule has 2 amide bonds. The van der Waals surface area contributed by atoms with Crippen molar-refractivity contribution in [2.45, 2.75) is 46.7 Å². The van der Waals surface area contributed by atoms with Gasteiger partial charge in [-0.2, -0.15) is 0 Å². The third-order valence-electron chi connectivity index (χ3n) is 3.30. The minimum Gasteiger partial charge on any atom is -0.359 e. The van der Waals surface area contributed by atoms with Gasteiger partial charge in [0, 0.05) is 18.2 Å². The van der Waals surface area contributed by atoms with E-state index < -0.39 is 6.04 Å². The molecule has 1 aliphatic heterocycles. The molecule has 1 aromatic heterocycles. The summed E-state index contributed by atoms with van der Waals surface area (Å²) in [5.41, 5.74) is 0.700. The van der Waals surface area contributed by atoms with Crippen LogP contribution in [0, 0.1) is 12.3 Å². The largest absolute Gasteiger partial charge is 0.359 e. The van der Waals surface area contributed by atoms with Gasteiger partial charge >= 0.3 is 0 Å². The molecule has 2 rings (SSSR count). The Morgan fingerprint density at radius 3 is 2.82 bits per heavy atom. The van der Waals surface area contributed by atoms with Gasteiger partial charge in [0.25, 0.3) is 0 Å². The topological polar surface area (TPSA) is 75.4 Å². The molecule has 0 radical (unpaired) electrons. The Morgan fingerprint density at radius 1 is 1.50 bits per heavy atom. The Morgan fingerprint density at radius 2 is 2.23 bits per heavy atom. The molecule has 0 aromatic carbocycles. The van der Waals surface area contributed by atoms with Crippen molar-refractivity contribution in [1.82, 2.24) is 15.4 Å². The van der Waals surface area contributed by atoms with E-state index in [0.717, 1.165) is 5.69 Å². The lowest BCUT2D eigenvalue weighted by molar-refractivity contribution is -0.139. The molecule has 122 valence electrons. The predicted octanol–water partition coefficient (Wildman–Crippen LogP) is 1.94. The maximum absolute atomic E-state index is 12.4. The first-order valence-electron chi connectivity index (χ1n) is 7.33. The predicted molar refractivity (Wildman–Crippen MR) is 85.1 cm³/mol. The van der Waals surface area contributed by atoms with Crippen molar-refractivity contribution in [1.29, 1.82) is 0 Å². The summed E-state index contributed by atoms with van der Waals surface area (Å²) in [6.45, 7) is 8.19. The number of carbonyl (C=O) groups is 2. The van der Waals surface area contributed by atoms with Crippen molar-refractivity contribution in [3.05, 3.63) is 17.5 Å². The highest BCUT2D eigenvalue weighted by molar-refractivity contribution is 7.99. The minimum absolute atomic E-state index is 0.0353. The zero-order chi connectivity index (χ0) is 16.3. The number of carbonyl (C=O) groups excluding carboxylic acids is 2. The van der Waals surface area contributed by atoms with Crippen LogP contribution in [0.3, 0.4) is 0 Å². The van der Waals surface area contributed by atoms with Crippen LogP contribution in [-0.4, -0.2) is 39.5 Å². The second-order valence-electron chi connectivity index (χ2n) is 6.77. The van der Waals surface area contributed by atoms with Crippen molar-refractivity contribution in [2.75, 3.05) is 11.6 Å². The van der Waals surface area contributed by atoms with Gasteiger partial charge in [-0.1, -0.05) is 25.9 Å². The molecule has 6 nitrogen and oxygen atoms in total. The van der Waals surface area contributed by atoms with E-state index in [1.165, 1.54) is 0 Å². The zero-order valence-corrected chi connectivity index (χ0v) is 14.3. The van der Waals surface area contributed by atoms with Crippen molar-refractivity contribution in [3.8, 4) is 0 Å². The molecule has 0 spiro atoms. The van der Waals surface area contributed by atoms with Gasteiger partial charge in [0.15, 0.2) is 5.76 Å². The van der Waals surface area contributed by atoms with Crippen LogP contribution in [0.2, 0.25) is 0 Å². The van der Waals surface area contributed by atoms with Gasteiger partial charge in [-0.3, -0.25) is 9.59 Å². The molecule has 0 unspecified atom stereocenters. The van der Waals surface area contributed by atoms with E-state index in [4.69, 9.17) is 4.52 Å². The number of nitrogens with zero attached hydrogens (tertiary/aromatic N) is 2. The van der Waals surface area contributed by atoms with Crippen molar-refractivity contribution in [2.24, 2.45) is 5.41 Å². The molecular formula is C15H23N3O3S. The smallest absolute Gasteiger partial charge is 0.244 e. The lowest BCUT2D eigenvalue weighted by atomic mass is 9.91. The molecule has 1 aromatic rings. The summed E-state index contributed by atoms with van der Waals surface area (Å²) in [5.74, 6) is 1.73. The van der Waals surface area contributed by atoms with Gasteiger partial charge in [-0.05, 0) is 12.3 Å². The first kappa shape index (κ1) is 16.9. The molecular weight excluding hydrogens is 302 g/mol. The molecule has 1 fully saturated rings. The number of nitrogens with one attached hydrogen (secondary N) is 1. The molecule has 0 aliphatic carbocycles. The fraction of sp³-hybridized carbons (Fsp3) is 0.667. The summed E-state index contributed by atoms with van der Waals surface area (Å²) >= 11 is 1.61. The Bertz CT molecular complexity index is 550. The van der Waals surface area contributed by atoms with Crippen LogP contribution in [0.5, 0.6) is 0 Å².